The molecule has 33 heavy (non-hydrogen) atoms. The van der Waals surface area contributed by atoms with Gasteiger partial charge in [0.2, 0.25) is 5.89 Å². The minimum absolute atomic E-state index is 0.0745. The highest BCUT2D eigenvalue weighted by atomic mass is 19.3. The maximum Gasteiger partial charge on any atom is 0.303 e. The Kier molecular flexibility index (Phi) is 6.62. The Hall–Kier alpha value is -3.43. The Labute approximate surface area is 188 Å². The first-order valence-electron chi connectivity index (χ1n) is 10.7. The number of aliphatic carboxylic acids is 1. The first-order valence-corrected chi connectivity index (χ1v) is 10.7. The summed E-state index contributed by atoms with van der Waals surface area (Å²) in [4.78, 5) is 19.9. The van der Waals surface area contributed by atoms with Crippen LogP contribution in [0, 0.1) is 5.82 Å². The zero-order chi connectivity index (χ0) is 23.4. The van der Waals surface area contributed by atoms with E-state index >= 15 is 0 Å². The maximum atomic E-state index is 13.9. The Morgan fingerprint density at radius 2 is 2.06 bits per heavy atom. The van der Waals surface area contributed by atoms with Gasteiger partial charge in [0.1, 0.15) is 11.6 Å². The van der Waals surface area contributed by atoms with Crippen molar-refractivity contribution in [1.29, 1.82) is 0 Å². The van der Waals surface area contributed by atoms with E-state index in [0.29, 0.717) is 36.3 Å². The van der Waals surface area contributed by atoms with Crippen LogP contribution in [0.15, 0.2) is 40.9 Å². The first-order chi connectivity index (χ1) is 15.8. The number of aromatic nitrogens is 3. The fourth-order valence-electron chi connectivity index (χ4n) is 3.93. The second kappa shape index (κ2) is 9.60. The number of nitrogens with zero attached hydrogens (tertiary/aromatic N) is 3. The Bertz CT molecular complexity index is 1140. The second-order valence-corrected chi connectivity index (χ2v) is 8.09. The number of hydrogen-bond donors (Lipinski definition) is 2. The van der Waals surface area contributed by atoms with E-state index in [1.165, 1.54) is 24.3 Å². The molecule has 7 nitrogen and oxygen atoms in total. The molecule has 0 saturated heterocycles. The molecule has 1 aliphatic heterocycles. The van der Waals surface area contributed by atoms with Crippen molar-refractivity contribution in [3.05, 3.63) is 70.8 Å². The number of aryl methyl sites for hydroxylation is 2. The molecule has 1 aromatic carbocycles. The molecule has 4 rings (SSSR count). The summed E-state index contributed by atoms with van der Waals surface area (Å²) in [5, 5.41) is 16.1. The largest absolute Gasteiger partial charge is 0.481 e. The molecule has 1 unspecified atom stereocenters. The molecule has 2 aromatic heterocycles. The highest BCUT2D eigenvalue weighted by Gasteiger charge is 2.37. The topological polar surface area (TPSA) is 101 Å². The average molecular weight is 460 g/mol. The van der Waals surface area contributed by atoms with Gasteiger partial charge in [-0.25, -0.2) is 18.2 Å². The van der Waals surface area contributed by atoms with E-state index in [2.05, 4.69) is 20.4 Å². The molecule has 0 spiro atoms. The van der Waals surface area contributed by atoms with Gasteiger partial charge in [-0.2, -0.15) is 4.98 Å². The molecule has 0 aliphatic carbocycles. The van der Waals surface area contributed by atoms with Crippen LogP contribution < -0.4 is 5.32 Å². The summed E-state index contributed by atoms with van der Waals surface area (Å²) in [6.07, 6.45) is 1.40. The number of pyridine rings is 1. The highest BCUT2D eigenvalue weighted by Crippen LogP contribution is 2.38. The number of carboxylic acids is 1. The molecule has 0 radical (unpaired) electrons. The lowest BCUT2D eigenvalue weighted by Gasteiger charge is -2.25. The normalized spacial score (nSPS) is 15.5. The lowest BCUT2D eigenvalue weighted by atomic mass is 9.92. The van der Waals surface area contributed by atoms with Gasteiger partial charge in [0.25, 0.3) is 5.92 Å². The van der Waals surface area contributed by atoms with Gasteiger partial charge in [-0.05, 0) is 42.7 Å². The summed E-state index contributed by atoms with van der Waals surface area (Å²) in [6.45, 7) is 0.181. The van der Waals surface area contributed by atoms with E-state index in [9.17, 15) is 23.1 Å². The van der Waals surface area contributed by atoms with Crippen molar-refractivity contribution in [1.82, 2.24) is 15.1 Å². The second-order valence-electron chi connectivity index (χ2n) is 8.09. The third-order valence-corrected chi connectivity index (χ3v) is 5.58. The van der Waals surface area contributed by atoms with Gasteiger partial charge >= 0.3 is 5.97 Å². The molecule has 1 atom stereocenters. The van der Waals surface area contributed by atoms with Gasteiger partial charge in [0.15, 0.2) is 5.82 Å². The van der Waals surface area contributed by atoms with Crippen LogP contribution >= 0.6 is 0 Å². The number of nitrogens with one attached hydrogen (secondary N) is 1. The summed E-state index contributed by atoms with van der Waals surface area (Å²) in [6, 6.07) is 8.84. The predicted octanol–water partition coefficient (Wildman–Crippen LogP) is 4.49. The first kappa shape index (κ1) is 22.8. The van der Waals surface area contributed by atoms with Gasteiger partial charge in [0, 0.05) is 37.4 Å². The third-order valence-electron chi connectivity index (χ3n) is 5.58. The molecule has 3 aromatic rings. The summed E-state index contributed by atoms with van der Waals surface area (Å²) in [7, 11) is 0. The molecule has 10 heteroatoms. The molecular weight excluding hydrogens is 437 g/mol. The van der Waals surface area contributed by atoms with E-state index < -0.39 is 23.6 Å². The molecule has 174 valence electrons. The SMILES string of the molecule is O=C(O)CC(Cc1nc(CCCc2ccc3c(n2)NCCC3(F)F)no1)c1cccc(F)c1. The van der Waals surface area contributed by atoms with Gasteiger partial charge < -0.3 is 14.9 Å². The van der Waals surface area contributed by atoms with Crippen molar-refractivity contribution in [2.75, 3.05) is 11.9 Å². The van der Waals surface area contributed by atoms with Crippen LogP contribution in [0.4, 0.5) is 19.0 Å². The quantitative estimate of drug-likeness (QED) is 0.485. The maximum absolute atomic E-state index is 13.9. The molecule has 0 amide bonds. The van der Waals surface area contributed by atoms with E-state index in [1.807, 2.05) is 0 Å². The number of hydrogen-bond acceptors (Lipinski definition) is 6. The summed E-state index contributed by atoms with van der Waals surface area (Å²) < 4.78 is 46.7. The van der Waals surface area contributed by atoms with Crippen LogP contribution in [0.2, 0.25) is 0 Å². The van der Waals surface area contributed by atoms with Gasteiger partial charge in [0.05, 0.1) is 12.0 Å². The molecular formula is C23H23F3N4O3. The highest BCUT2D eigenvalue weighted by molar-refractivity contribution is 5.68. The molecule has 3 heterocycles. The summed E-state index contributed by atoms with van der Waals surface area (Å²) in [5.41, 5.74) is 1.17. The smallest absolute Gasteiger partial charge is 0.303 e. The van der Waals surface area contributed by atoms with Crippen molar-refractivity contribution in [2.24, 2.45) is 0 Å². The Morgan fingerprint density at radius 1 is 1.21 bits per heavy atom. The van der Waals surface area contributed by atoms with Crippen molar-refractivity contribution in [2.45, 2.75) is 50.4 Å². The number of rotatable bonds is 9. The zero-order valence-electron chi connectivity index (χ0n) is 17.7. The van der Waals surface area contributed by atoms with Crippen molar-refractivity contribution < 1.29 is 27.6 Å². The lowest BCUT2D eigenvalue weighted by Crippen LogP contribution is -2.27. The van der Waals surface area contributed by atoms with Crippen LogP contribution in [0.5, 0.6) is 0 Å². The van der Waals surface area contributed by atoms with Crippen molar-refractivity contribution in [3.8, 4) is 0 Å². The average Bonchev–Trinajstić information content (AvgIpc) is 3.20. The third kappa shape index (κ3) is 5.68. The number of carboxylic acid groups (broad SMARTS) is 1. The molecule has 0 saturated carbocycles. The number of benzene rings is 1. The fraction of sp³-hybridized carbons (Fsp3) is 0.391. The van der Waals surface area contributed by atoms with Crippen LogP contribution in [-0.2, 0) is 30.0 Å². The van der Waals surface area contributed by atoms with Gasteiger partial charge in [-0.15, -0.1) is 0 Å². The van der Waals surface area contributed by atoms with E-state index in [-0.39, 0.29) is 43.1 Å². The fourth-order valence-corrected chi connectivity index (χ4v) is 3.93. The lowest BCUT2D eigenvalue weighted by molar-refractivity contribution is -0.137. The molecule has 2 N–H and O–H groups in total. The van der Waals surface area contributed by atoms with Gasteiger partial charge in [-0.3, -0.25) is 4.79 Å². The standard InChI is InChI=1S/C23H23F3N4O3/c24-16-4-1-3-14(11-16)15(13-21(31)32)12-20-29-19(30-33-20)6-2-5-17-7-8-18-22(28-17)27-10-9-23(18,25)26/h1,3-4,7-8,11,15H,2,5-6,9-10,12-13H2,(H,27,28)(H,31,32). The number of halogens is 3. The monoisotopic (exact) mass is 460 g/mol. The number of anilines is 1. The minimum Gasteiger partial charge on any atom is -0.481 e. The van der Waals surface area contributed by atoms with Crippen LogP contribution in [0.1, 0.15) is 53.7 Å². The van der Waals surface area contributed by atoms with Crippen LogP contribution in [0.3, 0.4) is 0 Å². The molecule has 0 fully saturated rings. The summed E-state index contributed by atoms with van der Waals surface area (Å²) in [5.74, 6) is -3.85. The Morgan fingerprint density at radius 3 is 2.85 bits per heavy atom. The van der Waals surface area contributed by atoms with E-state index in [4.69, 9.17) is 4.52 Å². The minimum atomic E-state index is -2.86. The number of carbonyl (C=O) groups is 1. The number of fused-ring (bicyclic) bond motifs is 1. The molecule has 1 aliphatic rings. The van der Waals surface area contributed by atoms with Crippen LogP contribution in [-0.4, -0.2) is 32.7 Å². The Balaban J connectivity index is 1.35. The zero-order valence-corrected chi connectivity index (χ0v) is 17.7. The molecule has 0 bridgehead atoms. The van der Waals surface area contributed by atoms with Gasteiger partial charge in [-0.1, -0.05) is 17.3 Å². The predicted molar refractivity (Wildman–Crippen MR) is 113 cm³/mol. The summed E-state index contributed by atoms with van der Waals surface area (Å²) >= 11 is 0. The van der Waals surface area contributed by atoms with Crippen molar-refractivity contribution >= 4 is 11.8 Å². The van der Waals surface area contributed by atoms with Crippen molar-refractivity contribution in [3.63, 3.8) is 0 Å². The number of alkyl halides is 2. The van der Waals surface area contributed by atoms with Crippen LogP contribution in [0.25, 0.3) is 0 Å². The van der Waals surface area contributed by atoms with E-state index in [1.54, 1.807) is 12.1 Å². The van der Waals surface area contributed by atoms with E-state index in [0.717, 1.165) is 0 Å².